The van der Waals surface area contributed by atoms with Crippen molar-refractivity contribution in [3.05, 3.63) is 78.9 Å². The van der Waals surface area contributed by atoms with Crippen molar-refractivity contribution in [1.29, 1.82) is 0 Å². The van der Waals surface area contributed by atoms with Gasteiger partial charge in [0.05, 0.1) is 11.3 Å². The van der Waals surface area contributed by atoms with Gasteiger partial charge in [-0.15, -0.1) is 0 Å². The van der Waals surface area contributed by atoms with E-state index in [2.05, 4.69) is 20.3 Å². The maximum atomic E-state index is 12.7. The summed E-state index contributed by atoms with van der Waals surface area (Å²) in [6, 6.07) is 14.4. The molecule has 0 saturated heterocycles. The van der Waals surface area contributed by atoms with Crippen LogP contribution in [-0.2, 0) is 6.18 Å². The van der Waals surface area contributed by atoms with E-state index in [4.69, 9.17) is 0 Å². The predicted molar refractivity (Wildman–Crippen MR) is 97.5 cm³/mol. The zero-order valence-corrected chi connectivity index (χ0v) is 13.9. The Morgan fingerprint density at radius 1 is 0.815 bits per heavy atom. The highest BCUT2D eigenvalue weighted by Crippen LogP contribution is 2.30. The zero-order chi connectivity index (χ0) is 18.9. The van der Waals surface area contributed by atoms with Gasteiger partial charge < -0.3 is 5.32 Å². The Hall–Kier alpha value is -3.48. The van der Waals surface area contributed by atoms with E-state index in [-0.39, 0.29) is 0 Å². The smallest absolute Gasteiger partial charge is 0.340 e. The molecule has 0 fully saturated rings. The van der Waals surface area contributed by atoms with Gasteiger partial charge >= 0.3 is 6.18 Å². The molecule has 0 aliphatic rings. The van der Waals surface area contributed by atoms with Crippen LogP contribution in [0.2, 0.25) is 0 Å². The number of hydrogen-bond acceptors (Lipinski definition) is 4. The van der Waals surface area contributed by atoms with Crippen LogP contribution in [0.3, 0.4) is 0 Å². The number of hydrogen-bond donors (Lipinski definition) is 1. The quantitative estimate of drug-likeness (QED) is 0.523. The molecule has 0 unspecified atom stereocenters. The van der Waals surface area contributed by atoms with Gasteiger partial charge in [0.15, 0.2) is 0 Å². The van der Waals surface area contributed by atoms with Crippen LogP contribution in [0.1, 0.15) is 5.56 Å². The second-order valence-corrected chi connectivity index (χ2v) is 5.93. The van der Waals surface area contributed by atoms with Crippen LogP contribution in [-0.4, -0.2) is 15.0 Å². The van der Waals surface area contributed by atoms with Crippen LogP contribution in [0, 0.1) is 0 Å². The summed E-state index contributed by atoms with van der Waals surface area (Å²) in [6.07, 6.45) is 0.570. The van der Waals surface area contributed by atoms with E-state index in [1.165, 1.54) is 18.5 Å². The van der Waals surface area contributed by atoms with Crippen molar-refractivity contribution >= 4 is 22.3 Å². The Morgan fingerprint density at radius 2 is 1.63 bits per heavy atom. The molecule has 2 aromatic carbocycles. The number of nitrogens with zero attached hydrogens (tertiary/aromatic N) is 3. The lowest BCUT2D eigenvalue weighted by molar-refractivity contribution is -0.137. The summed E-state index contributed by atoms with van der Waals surface area (Å²) in [4.78, 5) is 12.5. The molecule has 4 nitrogen and oxygen atoms in total. The van der Waals surface area contributed by atoms with Crippen LogP contribution in [0.5, 0.6) is 0 Å². The highest BCUT2D eigenvalue weighted by Gasteiger charge is 2.29. The average molecular weight is 366 g/mol. The molecule has 0 aliphatic heterocycles. The van der Waals surface area contributed by atoms with E-state index in [0.29, 0.717) is 17.2 Å². The van der Waals surface area contributed by atoms with Crippen LogP contribution in [0.15, 0.2) is 73.3 Å². The minimum atomic E-state index is -4.36. The molecule has 0 spiro atoms. The molecular weight excluding hydrogens is 353 g/mol. The molecule has 4 rings (SSSR count). The SMILES string of the molecule is FC(F)(F)c1ccc(Nc2cc(-c3ccc4ccncc4c3)ncn2)cc1. The van der Waals surface area contributed by atoms with Gasteiger partial charge in [0.1, 0.15) is 12.1 Å². The van der Waals surface area contributed by atoms with Gasteiger partial charge in [-0.05, 0) is 41.8 Å². The molecule has 7 heteroatoms. The second kappa shape index (κ2) is 6.68. The molecule has 0 saturated carbocycles. The van der Waals surface area contributed by atoms with Crippen LogP contribution < -0.4 is 5.32 Å². The van der Waals surface area contributed by atoms with Crippen LogP contribution in [0.25, 0.3) is 22.0 Å². The fourth-order valence-corrected chi connectivity index (χ4v) is 2.72. The number of benzene rings is 2. The number of aromatic nitrogens is 3. The highest BCUT2D eigenvalue weighted by molar-refractivity contribution is 5.86. The molecule has 2 aromatic heterocycles. The van der Waals surface area contributed by atoms with Crippen molar-refractivity contribution in [2.75, 3.05) is 5.32 Å². The number of nitrogens with one attached hydrogen (secondary N) is 1. The third-order valence-corrected chi connectivity index (χ3v) is 4.09. The first-order valence-corrected chi connectivity index (χ1v) is 8.09. The standard InChI is InChI=1S/C20H13F3N4/c21-20(22,23)16-3-5-17(6-4-16)27-19-10-18(25-12-26-19)14-2-1-13-7-8-24-11-15(13)9-14/h1-12H,(H,25,26,27). The van der Waals surface area contributed by atoms with Gasteiger partial charge in [-0.3, -0.25) is 4.98 Å². The summed E-state index contributed by atoms with van der Waals surface area (Å²) in [5.74, 6) is 0.492. The third-order valence-electron chi connectivity index (χ3n) is 4.09. The largest absolute Gasteiger partial charge is 0.416 e. The minimum Gasteiger partial charge on any atom is -0.340 e. The molecule has 4 aromatic rings. The summed E-state index contributed by atoms with van der Waals surface area (Å²) < 4.78 is 38.0. The molecule has 0 radical (unpaired) electrons. The molecule has 0 bridgehead atoms. The Kier molecular flexibility index (Phi) is 4.19. The van der Waals surface area contributed by atoms with Gasteiger partial charge in [-0.1, -0.05) is 12.1 Å². The fraction of sp³-hybridized carbons (Fsp3) is 0.0500. The average Bonchev–Trinajstić information content (AvgIpc) is 2.67. The number of alkyl halides is 3. The summed E-state index contributed by atoms with van der Waals surface area (Å²) in [5.41, 5.74) is 1.41. The first-order chi connectivity index (χ1) is 13.0. The van der Waals surface area contributed by atoms with E-state index in [1.54, 1.807) is 18.5 Å². The van der Waals surface area contributed by atoms with Crippen molar-refractivity contribution in [2.24, 2.45) is 0 Å². The third kappa shape index (κ3) is 3.72. The minimum absolute atomic E-state index is 0.492. The molecule has 0 atom stereocenters. The van der Waals surface area contributed by atoms with Gasteiger partial charge in [-0.2, -0.15) is 13.2 Å². The van der Waals surface area contributed by atoms with Gasteiger partial charge in [0, 0.05) is 35.1 Å². The number of rotatable bonds is 3. The Bertz CT molecular complexity index is 1090. The molecule has 27 heavy (non-hydrogen) atoms. The van der Waals surface area contributed by atoms with E-state index in [9.17, 15) is 13.2 Å². The lowest BCUT2D eigenvalue weighted by Gasteiger charge is -2.10. The number of pyridine rings is 1. The van der Waals surface area contributed by atoms with Gasteiger partial charge in [0.25, 0.3) is 0 Å². The maximum absolute atomic E-state index is 12.7. The molecule has 134 valence electrons. The van der Waals surface area contributed by atoms with Gasteiger partial charge in [0.2, 0.25) is 0 Å². The summed E-state index contributed by atoms with van der Waals surface area (Å²) >= 11 is 0. The normalized spacial score (nSPS) is 11.5. The molecule has 0 aliphatic carbocycles. The molecule has 1 N–H and O–H groups in total. The molecule has 2 heterocycles. The van der Waals surface area contributed by atoms with Crippen molar-refractivity contribution in [1.82, 2.24) is 15.0 Å². The summed E-state index contributed by atoms with van der Waals surface area (Å²) in [6.45, 7) is 0. The first kappa shape index (κ1) is 17.0. The zero-order valence-electron chi connectivity index (χ0n) is 13.9. The van der Waals surface area contributed by atoms with Crippen molar-refractivity contribution in [2.45, 2.75) is 6.18 Å². The lowest BCUT2D eigenvalue weighted by Crippen LogP contribution is -2.04. The summed E-state index contributed by atoms with van der Waals surface area (Å²) in [5, 5.41) is 5.07. The maximum Gasteiger partial charge on any atom is 0.416 e. The van der Waals surface area contributed by atoms with Crippen molar-refractivity contribution < 1.29 is 13.2 Å². The predicted octanol–water partition coefficient (Wildman–Crippen LogP) is 5.45. The van der Waals surface area contributed by atoms with Gasteiger partial charge in [-0.25, -0.2) is 9.97 Å². The summed E-state index contributed by atoms with van der Waals surface area (Å²) in [7, 11) is 0. The Morgan fingerprint density at radius 3 is 2.41 bits per heavy atom. The van der Waals surface area contributed by atoms with E-state index in [0.717, 1.165) is 28.5 Å². The topological polar surface area (TPSA) is 50.7 Å². The van der Waals surface area contributed by atoms with Crippen LogP contribution in [0.4, 0.5) is 24.7 Å². The molecular formula is C20H13F3N4. The first-order valence-electron chi connectivity index (χ1n) is 8.09. The van der Waals surface area contributed by atoms with E-state index in [1.807, 2.05) is 24.3 Å². The molecule has 0 amide bonds. The van der Waals surface area contributed by atoms with E-state index >= 15 is 0 Å². The second-order valence-electron chi connectivity index (χ2n) is 5.93. The number of fused-ring (bicyclic) bond motifs is 1. The van der Waals surface area contributed by atoms with Crippen LogP contribution >= 0.6 is 0 Å². The van der Waals surface area contributed by atoms with Crippen molar-refractivity contribution in [3.63, 3.8) is 0 Å². The monoisotopic (exact) mass is 366 g/mol. The van der Waals surface area contributed by atoms with Crippen molar-refractivity contribution in [3.8, 4) is 11.3 Å². The highest BCUT2D eigenvalue weighted by atomic mass is 19.4. The Balaban J connectivity index is 1.60. The lowest BCUT2D eigenvalue weighted by atomic mass is 10.1. The van der Waals surface area contributed by atoms with E-state index < -0.39 is 11.7 Å². The fourth-order valence-electron chi connectivity index (χ4n) is 2.72. The number of anilines is 2. The number of halogens is 3. The Labute approximate surface area is 152 Å².